The number of imidazole rings is 2. The van der Waals surface area contributed by atoms with E-state index in [1.54, 1.807) is 6.92 Å². The van der Waals surface area contributed by atoms with Gasteiger partial charge in [-0.2, -0.15) is 0 Å². The van der Waals surface area contributed by atoms with Crippen molar-refractivity contribution in [1.82, 2.24) is 39.0 Å². The molecule has 3 aliphatic rings. The first-order valence-corrected chi connectivity index (χ1v) is 16.5. The summed E-state index contributed by atoms with van der Waals surface area (Å²) < 4.78 is 68.0. The molecule has 6 N–H and O–H groups in total. The molecule has 0 amide bonds. The van der Waals surface area contributed by atoms with Crippen LogP contribution >= 0.6 is 15.6 Å². The van der Waals surface area contributed by atoms with Crippen molar-refractivity contribution in [2.24, 2.45) is 0 Å². The predicted molar refractivity (Wildman–Crippen MR) is 149 cm³/mol. The summed E-state index contributed by atoms with van der Waals surface area (Å²) in [7, 11) is -8.77. The van der Waals surface area contributed by atoms with Crippen molar-refractivity contribution in [3.8, 4) is 0 Å². The number of fused-ring (bicyclic) bond motifs is 5. The number of ether oxygens (including phenoxy) is 3. The number of nitrogens with two attached hydrogens (primary N) is 1. The minimum absolute atomic E-state index is 0.0509. The lowest BCUT2D eigenvalue weighted by atomic mass is 10.1. The molecule has 24 heteroatoms. The summed E-state index contributed by atoms with van der Waals surface area (Å²) in [5.74, 6) is 0.303. The zero-order valence-corrected chi connectivity index (χ0v) is 25.6. The third-order valence-electron chi connectivity index (χ3n) is 7.67. The smallest absolute Gasteiger partial charge is 0.386 e. The van der Waals surface area contributed by atoms with Gasteiger partial charge in [-0.05, 0) is 6.92 Å². The van der Waals surface area contributed by atoms with E-state index < -0.39 is 83.5 Å². The van der Waals surface area contributed by atoms with E-state index in [1.807, 2.05) is 0 Å². The molecule has 0 saturated carbocycles. The van der Waals surface area contributed by atoms with Gasteiger partial charge in [-0.3, -0.25) is 32.0 Å². The first-order valence-electron chi connectivity index (χ1n) is 13.6. The SMILES string of the molecule is CO[C@@H]1C2OP(=O)(O)OC[C@H]3O[C@@H](n4cnc5c(N)ncnc54)C(O)[C@H]3OP(=O)(O)OC[C@H]1O[C@H]2n1cnc2c(=O)[nH]c(C)nc21. The Balaban J connectivity index is 1.22. The lowest BCUT2D eigenvalue weighted by Gasteiger charge is -2.26. The molecular weight excluding hydrogens is 660 g/mol. The molecule has 4 aromatic heterocycles. The zero-order chi connectivity index (χ0) is 32.5. The summed E-state index contributed by atoms with van der Waals surface area (Å²) in [5, 5.41) is 11.2. The Hall–Kier alpha value is -3.24. The van der Waals surface area contributed by atoms with Gasteiger partial charge in [0, 0.05) is 7.11 Å². The molecule has 3 saturated heterocycles. The van der Waals surface area contributed by atoms with Crippen molar-refractivity contribution >= 4 is 43.8 Å². The number of aliphatic hydroxyl groups excluding tert-OH is 1. The lowest BCUT2D eigenvalue weighted by molar-refractivity contribution is -0.0673. The normalized spacial score (nSPS) is 37.2. The number of rotatable bonds is 3. The molecule has 0 spiro atoms. The van der Waals surface area contributed by atoms with Crippen LogP contribution in [0.1, 0.15) is 18.3 Å². The topological polar surface area (TPSA) is 293 Å². The van der Waals surface area contributed by atoms with E-state index in [0.717, 1.165) is 6.33 Å². The number of hydrogen-bond acceptors (Lipinski definition) is 17. The molecule has 10 atom stereocenters. The Morgan fingerprint density at radius 2 is 1.57 bits per heavy atom. The molecule has 0 radical (unpaired) electrons. The molecule has 3 fully saturated rings. The average molecular weight is 687 g/mol. The molecule has 4 unspecified atom stereocenters. The average Bonchev–Trinajstić information content (AvgIpc) is 3.75. The number of nitrogens with one attached hydrogen (secondary N) is 1. The maximum absolute atomic E-state index is 13.4. The van der Waals surface area contributed by atoms with Gasteiger partial charge in [0.15, 0.2) is 35.1 Å². The molecule has 0 aliphatic carbocycles. The van der Waals surface area contributed by atoms with Crippen LogP contribution in [0, 0.1) is 6.92 Å². The maximum Gasteiger partial charge on any atom is 0.472 e. The monoisotopic (exact) mass is 687 g/mol. The summed E-state index contributed by atoms with van der Waals surface area (Å²) in [6.07, 6.45) is -7.58. The van der Waals surface area contributed by atoms with Crippen LogP contribution in [0.25, 0.3) is 22.3 Å². The first-order chi connectivity index (χ1) is 21.9. The number of aliphatic hydroxyl groups is 1. The highest BCUT2D eigenvalue weighted by Crippen LogP contribution is 2.54. The standard InChI is InChI=1S/C22H27N9O13P2/c1-8-28-19-12(20(33)29-8)27-7-31(19)22-16-15(38-2)10(42-22)4-40-45(34,35)43-14-9(3-39-46(36,37)44-16)41-21(13(14)32)30-6-26-11-17(23)24-5-25-18(11)30/h5-7,9-10,13-16,21-22,32H,3-4H2,1-2H3,(H,34,35)(H,36,37)(H2,23,24,25)(H,28,29,33)/t9-,10-,13?,14+,15+,16?,21-,22-/m1/s1. The van der Waals surface area contributed by atoms with E-state index in [2.05, 4.69) is 29.9 Å². The van der Waals surface area contributed by atoms with Crippen LogP contribution in [0.5, 0.6) is 0 Å². The lowest BCUT2D eigenvalue weighted by Crippen LogP contribution is -2.37. The third-order valence-corrected chi connectivity index (χ3v) is 9.64. The number of hydrogen-bond donors (Lipinski definition) is 5. The maximum atomic E-state index is 13.4. The molecular formula is C22H27N9O13P2. The van der Waals surface area contributed by atoms with Crippen LogP contribution in [-0.2, 0) is 41.4 Å². The molecule has 2 bridgehead atoms. The molecule has 46 heavy (non-hydrogen) atoms. The Morgan fingerprint density at radius 1 is 0.935 bits per heavy atom. The Kier molecular flexibility index (Phi) is 7.82. The van der Waals surface area contributed by atoms with Gasteiger partial charge in [-0.1, -0.05) is 0 Å². The number of methoxy groups -OCH3 is 1. The fourth-order valence-corrected chi connectivity index (χ4v) is 7.55. The number of aromatic nitrogens is 8. The van der Waals surface area contributed by atoms with Crippen LogP contribution in [0.4, 0.5) is 5.82 Å². The van der Waals surface area contributed by atoms with E-state index in [0.29, 0.717) is 0 Å². The number of phosphoric acid groups is 2. The number of nitrogen functional groups attached to an aromatic ring is 1. The Morgan fingerprint density at radius 3 is 2.28 bits per heavy atom. The number of anilines is 1. The Bertz CT molecular complexity index is 1950. The highest BCUT2D eigenvalue weighted by atomic mass is 31.2. The summed E-state index contributed by atoms with van der Waals surface area (Å²) in [4.78, 5) is 57.0. The Labute approximate surface area is 256 Å². The number of aromatic amines is 1. The third kappa shape index (κ3) is 5.45. The molecule has 248 valence electrons. The van der Waals surface area contributed by atoms with Crippen LogP contribution in [-0.4, -0.2) is 111 Å². The second-order valence-corrected chi connectivity index (χ2v) is 13.4. The van der Waals surface area contributed by atoms with E-state index in [9.17, 15) is 28.8 Å². The van der Waals surface area contributed by atoms with Gasteiger partial charge in [-0.25, -0.2) is 34.0 Å². The van der Waals surface area contributed by atoms with Crippen molar-refractivity contribution < 1.29 is 56.3 Å². The molecule has 7 rings (SSSR count). The molecule has 7 heterocycles. The summed E-state index contributed by atoms with van der Waals surface area (Å²) >= 11 is 0. The number of aryl methyl sites for hydroxylation is 1. The van der Waals surface area contributed by atoms with Crippen LogP contribution in [0.2, 0.25) is 0 Å². The van der Waals surface area contributed by atoms with Gasteiger partial charge in [0.05, 0.1) is 25.9 Å². The number of H-pyrrole nitrogens is 1. The van der Waals surface area contributed by atoms with Crippen molar-refractivity contribution in [3.63, 3.8) is 0 Å². The minimum Gasteiger partial charge on any atom is -0.386 e. The fourth-order valence-electron chi connectivity index (χ4n) is 5.66. The van der Waals surface area contributed by atoms with Crippen molar-refractivity contribution in [2.75, 3.05) is 26.1 Å². The predicted octanol–water partition coefficient (Wildman–Crippen LogP) is -0.961. The fraction of sp³-hybridized carbons (Fsp3) is 0.545. The van der Waals surface area contributed by atoms with E-state index in [1.165, 1.54) is 28.9 Å². The second-order valence-electron chi connectivity index (χ2n) is 10.5. The molecule has 4 aromatic rings. The van der Waals surface area contributed by atoms with Crippen LogP contribution in [0.15, 0.2) is 23.8 Å². The number of nitrogens with zero attached hydrogens (tertiary/aromatic N) is 7. The molecule has 0 aromatic carbocycles. The summed E-state index contributed by atoms with van der Waals surface area (Å²) in [6.45, 7) is 0.111. The largest absolute Gasteiger partial charge is 0.472 e. The van der Waals surface area contributed by atoms with Crippen molar-refractivity contribution in [2.45, 2.75) is 56.0 Å². The molecule has 3 aliphatic heterocycles. The van der Waals surface area contributed by atoms with Gasteiger partial charge < -0.3 is 39.8 Å². The second kappa shape index (κ2) is 11.5. The van der Waals surface area contributed by atoms with Gasteiger partial charge in [0.2, 0.25) is 0 Å². The quantitative estimate of drug-likeness (QED) is 0.162. The van der Waals surface area contributed by atoms with Gasteiger partial charge in [0.25, 0.3) is 5.56 Å². The van der Waals surface area contributed by atoms with Gasteiger partial charge in [0.1, 0.15) is 54.3 Å². The summed E-state index contributed by atoms with van der Waals surface area (Å²) in [5.41, 5.74) is 5.68. The van der Waals surface area contributed by atoms with Crippen LogP contribution in [0.3, 0.4) is 0 Å². The van der Waals surface area contributed by atoms with Crippen molar-refractivity contribution in [3.05, 3.63) is 35.2 Å². The number of phosphoric ester groups is 2. The van der Waals surface area contributed by atoms with E-state index >= 15 is 0 Å². The van der Waals surface area contributed by atoms with Gasteiger partial charge >= 0.3 is 15.6 Å². The van der Waals surface area contributed by atoms with E-state index in [-0.39, 0.29) is 34.0 Å². The van der Waals surface area contributed by atoms with Crippen molar-refractivity contribution in [1.29, 1.82) is 0 Å². The highest BCUT2D eigenvalue weighted by Gasteiger charge is 2.54. The highest BCUT2D eigenvalue weighted by molar-refractivity contribution is 7.47. The molecule has 22 nitrogen and oxygen atoms in total. The zero-order valence-electron chi connectivity index (χ0n) is 23.8. The minimum atomic E-state index is -5.02. The van der Waals surface area contributed by atoms with E-state index in [4.69, 9.17) is 38.0 Å². The first kappa shape index (κ1) is 31.4. The summed E-state index contributed by atoms with van der Waals surface area (Å²) in [6, 6.07) is 0. The van der Waals surface area contributed by atoms with Crippen LogP contribution < -0.4 is 11.3 Å². The van der Waals surface area contributed by atoms with Gasteiger partial charge in [-0.15, -0.1) is 0 Å².